The number of rotatable bonds is 4. The molecule has 23 heavy (non-hydrogen) atoms. The predicted molar refractivity (Wildman–Crippen MR) is 93.4 cm³/mol. The molecule has 3 rings (SSSR count). The predicted octanol–water partition coefficient (Wildman–Crippen LogP) is 3.31. The zero-order chi connectivity index (χ0) is 16.2. The Morgan fingerprint density at radius 1 is 1.04 bits per heavy atom. The van der Waals surface area contributed by atoms with Gasteiger partial charge in [0, 0.05) is 5.69 Å². The van der Waals surface area contributed by atoms with Gasteiger partial charge in [-0.3, -0.25) is 15.3 Å². The highest BCUT2D eigenvalue weighted by Crippen LogP contribution is 2.09. The van der Waals surface area contributed by atoms with Crippen LogP contribution in [0.15, 0.2) is 70.6 Å². The average Bonchev–Trinajstić information content (AvgIpc) is 2.89. The lowest BCUT2D eigenvalue weighted by Crippen LogP contribution is -2.20. The van der Waals surface area contributed by atoms with Crippen LogP contribution in [0.5, 0.6) is 0 Å². The Morgan fingerprint density at radius 3 is 2.30 bits per heavy atom. The Bertz CT molecular complexity index is 876. The second-order valence-corrected chi connectivity index (χ2v) is 5.26. The van der Waals surface area contributed by atoms with E-state index in [1.807, 2.05) is 74.5 Å². The van der Waals surface area contributed by atoms with Crippen LogP contribution >= 0.6 is 0 Å². The zero-order valence-corrected chi connectivity index (χ0v) is 13.1. The monoisotopic (exact) mass is 306 g/mol. The van der Waals surface area contributed by atoms with E-state index in [0.29, 0.717) is 11.3 Å². The zero-order valence-electron chi connectivity index (χ0n) is 13.1. The van der Waals surface area contributed by atoms with Crippen molar-refractivity contribution in [2.45, 2.75) is 13.8 Å². The summed E-state index contributed by atoms with van der Waals surface area (Å²) in [7, 11) is 0. The maximum atomic E-state index is 12.7. The maximum Gasteiger partial charge on any atom is 0.280 e. The molecule has 0 aliphatic carbocycles. The van der Waals surface area contributed by atoms with Crippen LogP contribution in [0.4, 0.5) is 5.69 Å². The summed E-state index contributed by atoms with van der Waals surface area (Å²) in [5.74, 6) is 0. The van der Waals surface area contributed by atoms with E-state index in [-0.39, 0.29) is 5.56 Å². The van der Waals surface area contributed by atoms with Gasteiger partial charge in [-0.1, -0.05) is 36.4 Å². The number of H-pyrrole nitrogens is 1. The SMILES string of the molecule is CC(=NNc1ccccc1)c1c(C)[nH]n(-c2ccccc2)c1=O. The molecular weight excluding hydrogens is 288 g/mol. The van der Waals surface area contributed by atoms with E-state index >= 15 is 0 Å². The van der Waals surface area contributed by atoms with Crippen LogP contribution in [0.2, 0.25) is 0 Å². The van der Waals surface area contributed by atoms with Gasteiger partial charge in [0.15, 0.2) is 0 Å². The Kier molecular flexibility index (Phi) is 4.10. The summed E-state index contributed by atoms with van der Waals surface area (Å²) in [5, 5.41) is 7.43. The number of anilines is 1. The summed E-state index contributed by atoms with van der Waals surface area (Å²) in [5.41, 5.74) is 6.55. The summed E-state index contributed by atoms with van der Waals surface area (Å²) in [6.07, 6.45) is 0. The van der Waals surface area contributed by atoms with Crippen molar-refractivity contribution >= 4 is 11.4 Å². The minimum absolute atomic E-state index is 0.107. The van der Waals surface area contributed by atoms with Crippen molar-refractivity contribution in [3.05, 3.63) is 82.3 Å². The molecule has 0 unspecified atom stereocenters. The molecule has 5 nitrogen and oxygen atoms in total. The summed E-state index contributed by atoms with van der Waals surface area (Å²) in [6.45, 7) is 3.69. The van der Waals surface area contributed by atoms with Crippen molar-refractivity contribution in [2.75, 3.05) is 5.43 Å². The van der Waals surface area contributed by atoms with Crippen LogP contribution in [-0.2, 0) is 0 Å². The van der Waals surface area contributed by atoms with Gasteiger partial charge in [-0.2, -0.15) is 5.10 Å². The molecule has 0 atom stereocenters. The molecule has 0 aliphatic heterocycles. The molecule has 0 amide bonds. The maximum absolute atomic E-state index is 12.7. The first-order valence-corrected chi connectivity index (χ1v) is 7.39. The molecule has 5 heteroatoms. The van der Waals surface area contributed by atoms with Gasteiger partial charge in [0.1, 0.15) is 0 Å². The third-order valence-electron chi connectivity index (χ3n) is 3.57. The number of benzene rings is 2. The lowest BCUT2D eigenvalue weighted by molar-refractivity contribution is 0.835. The van der Waals surface area contributed by atoms with Crippen LogP contribution in [-0.4, -0.2) is 15.5 Å². The van der Waals surface area contributed by atoms with Gasteiger partial charge in [0.2, 0.25) is 0 Å². The van der Waals surface area contributed by atoms with E-state index in [9.17, 15) is 4.79 Å². The molecule has 2 N–H and O–H groups in total. The fourth-order valence-corrected chi connectivity index (χ4v) is 2.45. The van der Waals surface area contributed by atoms with Crippen molar-refractivity contribution in [3.63, 3.8) is 0 Å². The van der Waals surface area contributed by atoms with E-state index in [1.54, 1.807) is 0 Å². The first-order chi connectivity index (χ1) is 11.2. The Balaban J connectivity index is 1.94. The van der Waals surface area contributed by atoms with Gasteiger partial charge in [-0.15, -0.1) is 0 Å². The molecule has 0 aliphatic rings. The lowest BCUT2D eigenvalue weighted by atomic mass is 10.2. The molecule has 1 heterocycles. The molecule has 0 saturated carbocycles. The average molecular weight is 306 g/mol. The molecule has 0 fully saturated rings. The van der Waals surface area contributed by atoms with E-state index in [2.05, 4.69) is 15.6 Å². The Morgan fingerprint density at radius 2 is 1.65 bits per heavy atom. The van der Waals surface area contributed by atoms with Crippen LogP contribution in [0.1, 0.15) is 18.2 Å². The number of hydrogen-bond acceptors (Lipinski definition) is 3. The summed E-state index contributed by atoms with van der Waals surface area (Å²) >= 11 is 0. The van der Waals surface area contributed by atoms with Gasteiger partial charge in [0.05, 0.1) is 22.6 Å². The van der Waals surface area contributed by atoms with E-state index in [4.69, 9.17) is 0 Å². The molecule has 0 bridgehead atoms. The van der Waals surface area contributed by atoms with Gasteiger partial charge in [-0.25, -0.2) is 4.68 Å². The van der Waals surface area contributed by atoms with Gasteiger partial charge >= 0.3 is 0 Å². The molecular formula is C18H18N4O. The minimum Gasteiger partial charge on any atom is -0.295 e. The molecule has 0 spiro atoms. The topological polar surface area (TPSA) is 62.2 Å². The third-order valence-corrected chi connectivity index (χ3v) is 3.57. The summed E-state index contributed by atoms with van der Waals surface area (Å²) in [4.78, 5) is 12.7. The number of hydrazone groups is 1. The number of para-hydroxylation sites is 2. The lowest BCUT2D eigenvalue weighted by Gasteiger charge is -2.01. The highest BCUT2D eigenvalue weighted by molar-refractivity contribution is 5.99. The van der Waals surface area contributed by atoms with Crippen LogP contribution in [0.25, 0.3) is 5.69 Å². The molecule has 1 aromatic heterocycles. The van der Waals surface area contributed by atoms with E-state index in [0.717, 1.165) is 17.1 Å². The van der Waals surface area contributed by atoms with E-state index < -0.39 is 0 Å². The number of aryl methyl sites for hydroxylation is 1. The Labute approximate surface area is 134 Å². The van der Waals surface area contributed by atoms with Crippen molar-refractivity contribution < 1.29 is 0 Å². The second-order valence-electron chi connectivity index (χ2n) is 5.26. The summed E-state index contributed by atoms with van der Waals surface area (Å²) in [6, 6.07) is 19.1. The number of nitrogens with one attached hydrogen (secondary N) is 2. The number of nitrogens with zero attached hydrogens (tertiary/aromatic N) is 2. The van der Waals surface area contributed by atoms with Crippen molar-refractivity contribution in [3.8, 4) is 5.69 Å². The van der Waals surface area contributed by atoms with Crippen molar-refractivity contribution in [1.29, 1.82) is 0 Å². The highest BCUT2D eigenvalue weighted by Gasteiger charge is 2.14. The quantitative estimate of drug-likeness (QED) is 0.574. The minimum atomic E-state index is -0.107. The number of aromatic amines is 1. The molecule has 2 aromatic carbocycles. The van der Waals surface area contributed by atoms with Gasteiger partial charge in [-0.05, 0) is 38.1 Å². The fourth-order valence-electron chi connectivity index (χ4n) is 2.45. The molecule has 116 valence electrons. The first-order valence-electron chi connectivity index (χ1n) is 7.39. The Hall–Kier alpha value is -3.08. The number of aromatic nitrogens is 2. The normalized spacial score (nSPS) is 11.5. The summed E-state index contributed by atoms with van der Waals surface area (Å²) < 4.78 is 1.53. The second kappa shape index (κ2) is 6.36. The largest absolute Gasteiger partial charge is 0.295 e. The van der Waals surface area contributed by atoms with Crippen molar-refractivity contribution in [1.82, 2.24) is 9.78 Å². The smallest absolute Gasteiger partial charge is 0.280 e. The molecule has 0 radical (unpaired) electrons. The molecule has 0 saturated heterocycles. The van der Waals surface area contributed by atoms with Gasteiger partial charge in [0.25, 0.3) is 5.56 Å². The van der Waals surface area contributed by atoms with Crippen LogP contribution in [0, 0.1) is 6.92 Å². The standard InChI is InChI=1S/C18H18N4O/c1-13(19-20-15-9-5-3-6-10-15)17-14(2)21-22(18(17)23)16-11-7-4-8-12-16/h3-12,20-21H,1-2H3. The van der Waals surface area contributed by atoms with Crippen LogP contribution < -0.4 is 11.0 Å². The van der Waals surface area contributed by atoms with Crippen LogP contribution in [0.3, 0.4) is 0 Å². The third kappa shape index (κ3) is 3.08. The fraction of sp³-hybridized carbons (Fsp3) is 0.111. The molecule has 3 aromatic rings. The van der Waals surface area contributed by atoms with E-state index in [1.165, 1.54) is 4.68 Å². The first kappa shape index (κ1) is 14.8. The highest BCUT2D eigenvalue weighted by atomic mass is 16.1. The number of hydrogen-bond donors (Lipinski definition) is 2. The van der Waals surface area contributed by atoms with Gasteiger partial charge < -0.3 is 0 Å². The van der Waals surface area contributed by atoms with Crippen molar-refractivity contribution in [2.24, 2.45) is 5.10 Å².